The van der Waals surface area contributed by atoms with Crippen LogP contribution in [0.25, 0.3) is 0 Å². The largest absolute Gasteiger partial charge is 0.489 e. The fraction of sp³-hybridized carbons (Fsp3) is 0.125. The molecule has 0 atom stereocenters. The molecule has 4 nitrogen and oxygen atoms in total. The molecule has 0 aliphatic heterocycles. The molecule has 0 unspecified atom stereocenters. The Hall–Kier alpha value is -2.62. The SMILES string of the molecule is C=C(C)COc1cccc(NC(=O)c2ccncc2)c1. The number of nitrogens with one attached hydrogen (secondary N) is 1. The van der Waals surface area contributed by atoms with Gasteiger partial charge in [-0.05, 0) is 36.8 Å². The van der Waals surface area contributed by atoms with Crippen LogP contribution in [-0.4, -0.2) is 17.5 Å². The summed E-state index contributed by atoms with van der Waals surface area (Å²) in [7, 11) is 0. The van der Waals surface area contributed by atoms with Crippen LogP contribution in [0, 0.1) is 0 Å². The zero-order chi connectivity index (χ0) is 14.4. The Kier molecular flexibility index (Phi) is 4.50. The molecule has 0 radical (unpaired) electrons. The summed E-state index contributed by atoms with van der Waals surface area (Å²) in [6.07, 6.45) is 3.17. The highest BCUT2D eigenvalue weighted by Gasteiger charge is 2.05. The number of aromatic nitrogens is 1. The summed E-state index contributed by atoms with van der Waals surface area (Å²) in [4.78, 5) is 15.9. The summed E-state index contributed by atoms with van der Waals surface area (Å²) in [5.74, 6) is 0.518. The molecule has 102 valence electrons. The van der Waals surface area contributed by atoms with Gasteiger partial charge in [0.05, 0.1) is 0 Å². The molecular formula is C16H16N2O2. The van der Waals surface area contributed by atoms with Crippen LogP contribution in [0.2, 0.25) is 0 Å². The van der Waals surface area contributed by atoms with E-state index in [2.05, 4.69) is 16.9 Å². The molecule has 4 heteroatoms. The topological polar surface area (TPSA) is 51.2 Å². The molecule has 0 saturated carbocycles. The molecular weight excluding hydrogens is 252 g/mol. The Morgan fingerprint density at radius 2 is 2.05 bits per heavy atom. The molecule has 1 amide bonds. The second-order valence-corrected chi connectivity index (χ2v) is 4.46. The van der Waals surface area contributed by atoms with Crippen molar-refractivity contribution in [1.29, 1.82) is 0 Å². The number of nitrogens with zero attached hydrogens (tertiary/aromatic N) is 1. The molecule has 1 aromatic carbocycles. The minimum atomic E-state index is -0.176. The molecule has 1 aromatic heterocycles. The monoisotopic (exact) mass is 268 g/mol. The van der Waals surface area contributed by atoms with Crippen LogP contribution < -0.4 is 10.1 Å². The average Bonchev–Trinajstić information content (AvgIpc) is 2.46. The summed E-state index contributed by atoms with van der Waals surface area (Å²) >= 11 is 0. The van der Waals surface area contributed by atoms with E-state index < -0.39 is 0 Å². The maximum Gasteiger partial charge on any atom is 0.255 e. The number of pyridine rings is 1. The van der Waals surface area contributed by atoms with E-state index in [0.717, 1.165) is 5.57 Å². The summed E-state index contributed by atoms with van der Waals surface area (Å²) in [6.45, 7) is 6.14. The summed E-state index contributed by atoms with van der Waals surface area (Å²) in [5.41, 5.74) is 2.19. The highest BCUT2D eigenvalue weighted by molar-refractivity contribution is 6.04. The van der Waals surface area contributed by atoms with E-state index >= 15 is 0 Å². The standard InChI is InChI=1S/C16H16N2O2/c1-12(2)11-20-15-5-3-4-14(10-15)18-16(19)13-6-8-17-9-7-13/h3-10H,1,11H2,2H3,(H,18,19). The van der Waals surface area contributed by atoms with E-state index in [9.17, 15) is 4.79 Å². The lowest BCUT2D eigenvalue weighted by atomic mass is 10.2. The van der Waals surface area contributed by atoms with Gasteiger partial charge in [-0.1, -0.05) is 12.6 Å². The van der Waals surface area contributed by atoms with Gasteiger partial charge in [0, 0.05) is 29.7 Å². The summed E-state index contributed by atoms with van der Waals surface area (Å²) < 4.78 is 5.53. The first kappa shape index (κ1) is 13.8. The first-order chi connectivity index (χ1) is 9.65. The van der Waals surface area contributed by atoms with Crippen molar-refractivity contribution in [3.63, 3.8) is 0 Å². The van der Waals surface area contributed by atoms with E-state index in [1.165, 1.54) is 0 Å². The normalized spacial score (nSPS) is 9.85. The molecule has 2 rings (SSSR count). The van der Waals surface area contributed by atoms with Crippen LogP contribution in [0.1, 0.15) is 17.3 Å². The Balaban J connectivity index is 2.04. The van der Waals surface area contributed by atoms with E-state index in [-0.39, 0.29) is 5.91 Å². The summed E-state index contributed by atoms with van der Waals surface area (Å²) in [5, 5.41) is 2.82. The van der Waals surface area contributed by atoms with E-state index in [1.54, 1.807) is 30.6 Å². The van der Waals surface area contributed by atoms with Crippen molar-refractivity contribution in [3.05, 3.63) is 66.5 Å². The first-order valence-electron chi connectivity index (χ1n) is 6.24. The van der Waals surface area contributed by atoms with Crippen molar-refractivity contribution >= 4 is 11.6 Å². The fourth-order valence-corrected chi connectivity index (χ4v) is 1.58. The van der Waals surface area contributed by atoms with Crippen LogP contribution >= 0.6 is 0 Å². The molecule has 0 bridgehead atoms. The molecule has 20 heavy (non-hydrogen) atoms. The van der Waals surface area contributed by atoms with Gasteiger partial charge in [0.15, 0.2) is 0 Å². The zero-order valence-electron chi connectivity index (χ0n) is 11.3. The molecule has 1 N–H and O–H groups in total. The maximum atomic E-state index is 12.0. The fourth-order valence-electron chi connectivity index (χ4n) is 1.58. The number of benzene rings is 1. The zero-order valence-corrected chi connectivity index (χ0v) is 11.3. The van der Waals surface area contributed by atoms with Crippen molar-refractivity contribution in [3.8, 4) is 5.75 Å². The Bertz CT molecular complexity index is 609. The number of rotatable bonds is 5. The lowest BCUT2D eigenvalue weighted by molar-refractivity contribution is 0.102. The van der Waals surface area contributed by atoms with Crippen molar-refractivity contribution in [2.75, 3.05) is 11.9 Å². The van der Waals surface area contributed by atoms with Gasteiger partial charge < -0.3 is 10.1 Å². The van der Waals surface area contributed by atoms with Crippen molar-refractivity contribution in [2.24, 2.45) is 0 Å². The number of hydrogen-bond acceptors (Lipinski definition) is 3. The van der Waals surface area contributed by atoms with Gasteiger partial charge in [-0.15, -0.1) is 0 Å². The Labute approximate surface area is 118 Å². The second-order valence-electron chi connectivity index (χ2n) is 4.46. The third-order valence-corrected chi connectivity index (χ3v) is 2.52. The van der Waals surface area contributed by atoms with Gasteiger partial charge in [0.1, 0.15) is 12.4 Å². The number of anilines is 1. The lowest BCUT2D eigenvalue weighted by Crippen LogP contribution is -2.11. The van der Waals surface area contributed by atoms with Crippen LogP contribution in [0.5, 0.6) is 5.75 Å². The smallest absolute Gasteiger partial charge is 0.255 e. The van der Waals surface area contributed by atoms with E-state index in [0.29, 0.717) is 23.6 Å². The van der Waals surface area contributed by atoms with Gasteiger partial charge in [-0.3, -0.25) is 9.78 Å². The quantitative estimate of drug-likeness (QED) is 0.846. The Morgan fingerprint density at radius 1 is 1.30 bits per heavy atom. The van der Waals surface area contributed by atoms with Gasteiger partial charge >= 0.3 is 0 Å². The number of carbonyl (C=O) groups is 1. The predicted octanol–water partition coefficient (Wildman–Crippen LogP) is 3.29. The predicted molar refractivity (Wildman–Crippen MR) is 78.9 cm³/mol. The summed E-state index contributed by atoms with van der Waals surface area (Å²) in [6, 6.07) is 10.6. The number of carbonyl (C=O) groups excluding carboxylic acids is 1. The number of hydrogen-bond donors (Lipinski definition) is 1. The second kappa shape index (κ2) is 6.52. The molecule has 0 spiro atoms. The minimum Gasteiger partial charge on any atom is -0.489 e. The minimum absolute atomic E-state index is 0.176. The third-order valence-electron chi connectivity index (χ3n) is 2.52. The van der Waals surface area contributed by atoms with Gasteiger partial charge in [-0.25, -0.2) is 0 Å². The van der Waals surface area contributed by atoms with Crippen LogP contribution in [0.3, 0.4) is 0 Å². The molecule has 0 aliphatic rings. The average molecular weight is 268 g/mol. The van der Waals surface area contributed by atoms with Crippen LogP contribution in [0.15, 0.2) is 60.9 Å². The maximum absolute atomic E-state index is 12.0. The first-order valence-corrected chi connectivity index (χ1v) is 6.24. The van der Waals surface area contributed by atoms with Gasteiger partial charge in [-0.2, -0.15) is 0 Å². The van der Waals surface area contributed by atoms with Crippen molar-refractivity contribution in [1.82, 2.24) is 4.98 Å². The molecule has 2 aromatic rings. The van der Waals surface area contributed by atoms with Crippen LogP contribution in [-0.2, 0) is 0 Å². The number of ether oxygens (including phenoxy) is 1. The number of amides is 1. The van der Waals surface area contributed by atoms with Crippen molar-refractivity contribution in [2.45, 2.75) is 6.92 Å². The van der Waals surface area contributed by atoms with E-state index in [4.69, 9.17) is 4.74 Å². The third kappa shape index (κ3) is 3.95. The highest BCUT2D eigenvalue weighted by atomic mass is 16.5. The molecule has 0 saturated heterocycles. The van der Waals surface area contributed by atoms with Gasteiger partial charge in [0.2, 0.25) is 0 Å². The van der Waals surface area contributed by atoms with Crippen LogP contribution in [0.4, 0.5) is 5.69 Å². The van der Waals surface area contributed by atoms with Gasteiger partial charge in [0.25, 0.3) is 5.91 Å². The van der Waals surface area contributed by atoms with E-state index in [1.807, 2.05) is 25.1 Å². The van der Waals surface area contributed by atoms with Crippen molar-refractivity contribution < 1.29 is 9.53 Å². The molecule has 0 fully saturated rings. The lowest BCUT2D eigenvalue weighted by Gasteiger charge is -2.09. The molecule has 0 aliphatic carbocycles. The Morgan fingerprint density at radius 3 is 2.75 bits per heavy atom. The highest BCUT2D eigenvalue weighted by Crippen LogP contribution is 2.18. The molecule has 1 heterocycles.